The monoisotopic (exact) mass is 281 g/mol. The molecule has 1 atom stereocenters. The van der Waals surface area contributed by atoms with E-state index in [1.807, 2.05) is 12.1 Å². The van der Waals surface area contributed by atoms with Crippen LogP contribution in [0.1, 0.15) is 33.3 Å². The van der Waals surface area contributed by atoms with Crippen molar-refractivity contribution in [2.45, 2.75) is 45.9 Å². The molecule has 1 aromatic carbocycles. The fraction of sp³-hybridized carbons (Fsp3) is 0.600. The molecule has 5 heteroatoms. The number of rotatable bonds is 5. The summed E-state index contributed by atoms with van der Waals surface area (Å²) >= 11 is 0. The van der Waals surface area contributed by atoms with E-state index in [1.54, 1.807) is 6.92 Å². The molecule has 5 nitrogen and oxygen atoms in total. The Morgan fingerprint density at radius 1 is 1.30 bits per heavy atom. The van der Waals surface area contributed by atoms with Crippen molar-refractivity contribution in [3.8, 4) is 17.2 Å². The van der Waals surface area contributed by atoms with Gasteiger partial charge in [0.2, 0.25) is 6.79 Å². The van der Waals surface area contributed by atoms with Crippen LogP contribution in [-0.2, 0) is 6.54 Å². The fourth-order valence-corrected chi connectivity index (χ4v) is 1.81. The van der Waals surface area contributed by atoms with Crippen molar-refractivity contribution in [3.05, 3.63) is 17.7 Å². The highest BCUT2D eigenvalue weighted by Crippen LogP contribution is 2.38. The van der Waals surface area contributed by atoms with Crippen LogP contribution >= 0.6 is 0 Å². The van der Waals surface area contributed by atoms with Gasteiger partial charge in [-0.25, -0.2) is 0 Å². The van der Waals surface area contributed by atoms with E-state index in [0.29, 0.717) is 18.0 Å². The Balaban J connectivity index is 2.18. The molecule has 0 bridgehead atoms. The van der Waals surface area contributed by atoms with E-state index in [2.05, 4.69) is 26.1 Å². The second kappa shape index (κ2) is 5.89. The van der Waals surface area contributed by atoms with E-state index in [0.717, 1.165) is 11.3 Å². The number of aliphatic hydroxyl groups is 1. The summed E-state index contributed by atoms with van der Waals surface area (Å²) in [6.07, 6.45) is -0.510. The Morgan fingerprint density at radius 2 is 1.95 bits per heavy atom. The van der Waals surface area contributed by atoms with Crippen LogP contribution in [0.15, 0.2) is 12.1 Å². The van der Waals surface area contributed by atoms with Crippen molar-refractivity contribution < 1.29 is 19.3 Å². The van der Waals surface area contributed by atoms with E-state index in [9.17, 15) is 5.11 Å². The van der Waals surface area contributed by atoms with Crippen LogP contribution in [0.5, 0.6) is 17.2 Å². The summed E-state index contributed by atoms with van der Waals surface area (Å²) in [4.78, 5) is 0. The van der Waals surface area contributed by atoms with Gasteiger partial charge in [0.1, 0.15) is 12.4 Å². The molecule has 0 spiro atoms. The minimum absolute atomic E-state index is 0.0118. The lowest BCUT2D eigenvalue weighted by atomic mass is 10.1. The zero-order chi connectivity index (χ0) is 14.8. The molecule has 0 saturated heterocycles. The molecule has 0 amide bonds. The van der Waals surface area contributed by atoms with Crippen molar-refractivity contribution >= 4 is 0 Å². The molecule has 0 radical (unpaired) electrons. The molecule has 2 rings (SSSR count). The Labute approximate surface area is 119 Å². The lowest BCUT2D eigenvalue weighted by molar-refractivity contribution is 0.121. The first kappa shape index (κ1) is 14.9. The van der Waals surface area contributed by atoms with Gasteiger partial charge in [-0.1, -0.05) is 0 Å². The molecule has 0 aliphatic carbocycles. The maximum Gasteiger partial charge on any atom is 0.231 e. The van der Waals surface area contributed by atoms with E-state index in [4.69, 9.17) is 14.2 Å². The maximum absolute atomic E-state index is 9.36. The van der Waals surface area contributed by atoms with Crippen LogP contribution in [0, 0.1) is 0 Å². The summed E-state index contributed by atoms with van der Waals surface area (Å²) in [5.74, 6) is 2.14. The number of ether oxygens (including phenoxy) is 3. The van der Waals surface area contributed by atoms with Gasteiger partial charge in [0.15, 0.2) is 11.5 Å². The second-order valence-corrected chi connectivity index (χ2v) is 6.08. The number of hydrogen-bond acceptors (Lipinski definition) is 5. The van der Waals surface area contributed by atoms with Crippen LogP contribution in [0.25, 0.3) is 0 Å². The van der Waals surface area contributed by atoms with Crippen LogP contribution in [0.2, 0.25) is 0 Å². The molecule has 1 unspecified atom stereocenters. The van der Waals surface area contributed by atoms with Crippen LogP contribution in [-0.4, -0.2) is 30.1 Å². The number of hydrogen-bond donors (Lipinski definition) is 2. The average Bonchev–Trinajstić information content (AvgIpc) is 2.79. The summed E-state index contributed by atoms with van der Waals surface area (Å²) < 4.78 is 16.4. The normalized spacial score (nSPS) is 15.2. The van der Waals surface area contributed by atoms with Crippen LogP contribution in [0.4, 0.5) is 0 Å². The predicted octanol–water partition coefficient (Wildman–Crippen LogP) is 2.06. The first-order valence-corrected chi connectivity index (χ1v) is 6.83. The molecule has 0 fully saturated rings. The van der Waals surface area contributed by atoms with Gasteiger partial charge in [-0.2, -0.15) is 0 Å². The van der Waals surface area contributed by atoms with E-state index in [-0.39, 0.29) is 18.9 Å². The molecule has 20 heavy (non-hydrogen) atoms. The Hall–Kier alpha value is -1.46. The van der Waals surface area contributed by atoms with Crippen molar-refractivity contribution in [3.63, 3.8) is 0 Å². The maximum atomic E-state index is 9.36. The predicted molar refractivity (Wildman–Crippen MR) is 76.3 cm³/mol. The topological polar surface area (TPSA) is 60.0 Å². The molecule has 2 N–H and O–H groups in total. The van der Waals surface area contributed by atoms with Gasteiger partial charge in [0.25, 0.3) is 0 Å². The lowest BCUT2D eigenvalue weighted by Crippen LogP contribution is -2.35. The third-order valence-corrected chi connectivity index (χ3v) is 2.84. The van der Waals surface area contributed by atoms with Gasteiger partial charge in [0, 0.05) is 23.7 Å². The molecule has 0 saturated carbocycles. The van der Waals surface area contributed by atoms with E-state index < -0.39 is 6.10 Å². The Bertz CT molecular complexity index is 466. The Kier molecular flexibility index (Phi) is 4.40. The van der Waals surface area contributed by atoms with Crippen molar-refractivity contribution in [2.24, 2.45) is 0 Å². The minimum Gasteiger partial charge on any atom is -0.490 e. The standard InChI is InChI=1S/C15H23NO4/c1-10(17)8-18-12-6-14-13(19-9-20-14)5-11(12)7-16-15(2,3)4/h5-6,10,16-17H,7-9H2,1-4H3. The summed E-state index contributed by atoms with van der Waals surface area (Å²) in [5.41, 5.74) is 1.00. The smallest absolute Gasteiger partial charge is 0.231 e. The molecule has 1 aliphatic rings. The van der Waals surface area contributed by atoms with Gasteiger partial charge >= 0.3 is 0 Å². The lowest BCUT2D eigenvalue weighted by Gasteiger charge is -2.22. The SMILES string of the molecule is CC(O)COc1cc2c(cc1CNC(C)(C)C)OCO2. The zero-order valence-electron chi connectivity index (χ0n) is 12.5. The summed E-state index contributed by atoms with van der Waals surface area (Å²) in [6, 6.07) is 3.75. The second-order valence-electron chi connectivity index (χ2n) is 6.08. The van der Waals surface area contributed by atoms with Crippen LogP contribution < -0.4 is 19.5 Å². The van der Waals surface area contributed by atoms with E-state index in [1.165, 1.54) is 0 Å². The highest BCUT2D eigenvalue weighted by molar-refractivity contribution is 5.51. The summed E-state index contributed by atoms with van der Waals surface area (Å²) in [5, 5.41) is 12.8. The molecule has 1 aliphatic heterocycles. The minimum atomic E-state index is -0.510. The molecular weight excluding hydrogens is 258 g/mol. The molecule has 112 valence electrons. The quantitative estimate of drug-likeness (QED) is 0.865. The fourth-order valence-electron chi connectivity index (χ4n) is 1.81. The largest absolute Gasteiger partial charge is 0.490 e. The van der Waals surface area contributed by atoms with Gasteiger partial charge in [0.05, 0.1) is 6.10 Å². The van der Waals surface area contributed by atoms with Gasteiger partial charge in [-0.15, -0.1) is 0 Å². The average molecular weight is 281 g/mol. The highest BCUT2D eigenvalue weighted by Gasteiger charge is 2.19. The number of aliphatic hydroxyl groups excluding tert-OH is 1. The first-order valence-electron chi connectivity index (χ1n) is 6.83. The van der Waals surface area contributed by atoms with Gasteiger partial charge < -0.3 is 24.6 Å². The molecule has 1 aromatic rings. The molecule has 1 heterocycles. The van der Waals surface area contributed by atoms with Gasteiger partial charge in [-0.05, 0) is 33.8 Å². The zero-order valence-corrected chi connectivity index (χ0v) is 12.5. The first-order chi connectivity index (χ1) is 9.35. The molecular formula is C15H23NO4. The summed E-state index contributed by atoms with van der Waals surface area (Å²) in [7, 11) is 0. The Morgan fingerprint density at radius 3 is 2.55 bits per heavy atom. The highest BCUT2D eigenvalue weighted by atomic mass is 16.7. The van der Waals surface area contributed by atoms with Crippen molar-refractivity contribution in [1.29, 1.82) is 0 Å². The van der Waals surface area contributed by atoms with Crippen molar-refractivity contribution in [2.75, 3.05) is 13.4 Å². The summed E-state index contributed by atoms with van der Waals surface area (Å²) in [6.45, 7) is 9.17. The van der Waals surface area contributed by atoms with Crippen molar-refractivity contribution in [1.82, 2.24) is 5.32 Å². The van der Waals surface area contributed by atoms with Gasteiger partial charge in [-0.3, -0.25) is 0 Å². The number of fused-ring (bicyclic) bond motifs is 1. The third-order valence-electron chi connectivity index (χ3n) is 2.84. The molecule has 0 aromatic heterocycles. The van der Waals surface area contributed by atoms with Crippen LogP contribution in [0.3, 0.4) is 0 Å². The number of nitrogens with one attached hydrogen (secondary N) is 1. The number of benzene rings is 1. The van der Waals surface area contributed by atoms with E-state index >= 15 is 0 Å². The third kappa shape index (κ3) is 4.02.